The fourth-order valence-electron chi connectivity index (χ4n) is 3.12. The first kappa shape index (κ1) is 21.6. The number of alkyl halides is 1. The van der Waals surface area contributed by atoms with Gasteiger partial charge in [0.05, 0.1) is 6.54 Å². The zero-order valence-electron chi connectivity index (χ0n) is 15.8. The minimum Gasteiger partial charge on any atom is -0.364 e. The van der Waals surface area contributed by atoms with Crippen molar-refractivity contribution in [1.29, 1.82) is 0 Å². The van der Waals surface area contributed by atoms with E-state index in [1.54, 1.807) is 18.2 Å². The topological polar surface area (TPSA) is 140 Å². The number of rotatable bonds is 6. The Morgan fingerprint density at radius 3 is 2.70 bits per heavy atom. The van der Waals surface area contributed by atoms with Crippen molar-refractivity contribution in [3.63, 3.8) is 0 Å². The number of anilines is 1. The van der Waals surface area contributed by atoms with Gasteiger partial charge in [-0.05, 0) is 28.1 Å². The lowest BCUT2D eigenvalue weighted by Gasteiger charge is -2.23. The molecule has 158 valence electrons. The predicted octanol–water partition coefficient (Wildman–Crippen LogP) is 0.920. The van der Waals surface area contributed by atoms with Crippen LogP contribution in [0.1, 0.15) is 34.3 Å². The van der Waals surface area contributed by atoms with Crippen LogP contribution in [0.2, 0.25) is 0 Å². The Balaban J connectivity index is 1.78. The number of halogens is 2. The minimum atomic E-state index is -1.39. The van der Waals surface area contributed by atoms with Crippen molar-refractivity contribution in [2.24, 2.45) is 5.73 Å². The molecule has 0 unspecified atom stereocenters. The monoisotopic (exact) mass is 480 g/mol. The molecule has 3 amide bonds. The molecule has 0 aromatic carbocycles. The second-order valence-corrected chi connectivity index (χ2v) is 7.54. The first-order valence-electron chi connectivity index (χ1n) is 8.91. The van der Waals surface area contributed by atoms with Gasteiger partial charge < -0.3 is 16.0 Å². The molecule has 3 N–H and O–H groups in total. The maximum atomic E-state index is 14.1. The Bertz CT molecular complexity index is 1030. The summed E-state index contributed by atoms with van der Waals surface area (Å²) in [6.45, 7) is 0.497. The van der Waals surface area contributed by atoms with E-state index in [1.165, 1.54) is 13.0 Å². The summed E-state index contributed by atoms with van der Waals surface area (Å²) in [7, 11) is 0. The average Bonchev–Trinajstić information content (AvgIpc) is 3.25. The molecule has 1 aliphatic rings. The van der Waals surface area contributed by atoms with Gasteiger partial charge in [-0.1, -0.05) is 6.07 Å². The number of primary amides is 1. The molecule has 0 radical (unpaired) electrons. The van der Waals surface area contributed by atoms with Crippen molar-refractivity contribution in [3.8, 4) is 0 Å². The van der Waals surface area contributed by atoms with Crippen LogP contribution < -0.4 is 11.1 Å². The van der Waals surface area contributed by atoms with Gasteiger partial charge in [0.15, 0.2) is 5.78 Å². The molecule has 2 aromatic heterocycles. The van der Waals surface area contributed by atoms with Gasteiger partial charge in [0.25, 0.3) is 5.91 Å². The average molecular weight is 481 g/mol. The summed E-state index contributed by atoms with van der Waals surface area (Å²) in [5.41, 5.74) is 5.12. The molecule has 0 aliphatic carbocycles. The number of hydrogen-bond donors (Lipinski definition) is 2. The van der Waals surface area contributed by atoms with Crippen LogP contribution in [0.15, 0.2) is 28.9 Å². The van der Waals surface area contributed by atoms with Crippen molar-refractivity contribution in [2.75, 3.05) is 11.9 Å². The lowest BCUT2D eigenvalue weighted by Crippen LogP contribution is -2.45. The largest absolute Gasteiger partial charge is 0.364 e. The molecule has 30 heavy (non-hydrogen) atoms. The lowest BCUT2D eigenvalue weighted by molar-refractivity contribution is -0.137. The normalized spacial score (nSPS) is 18.3. The van der Waals surface area contributed by atoms with E-state index >= 15 is 0 Å². The third-order valence-corrected chi connectivity index (χ3v) is 4.96. The van der Waals surface area contributed by atoms with Crippen molar-refractivity contribution in [3.05, 3.63) is 40.3 Å². The van der Waals surface area contributed by atoms with Gasteiger partial charge >= 0.3 is 0 Å². The summed E-state index contributed by atoms with van der Waals surface area (Å²) >= 11 is 3.19. The van der Waals surface area contributed by atoms with Crippen molar-refractivity contribution >= 4 is 45.3 Å². The van der Waals surface area contributed by atoms with E-state index < -0.39 is 42.3 Å². The fraction of sp³-hybridized carbons (Fsp3) is 0.333. The molecule has 1 saturated heterocycles. The summed E-state index contributed by atoms with van der Waals surface area (Å²) < 4.78 is 15.6. The van der Waals surface area contributed by atoms with E-state index in [4.69, 9.17) is 5.73 Å². The lowest BCUT2D eigenvalue weighted by atomic mass is 10.2. The highest BCUT2D eigenvalue weighted by Gasteiger charge is 2.40. The second kappa shape index (κ2) is 8.69. The second-order valence-electron chi connectivity index (χ2n) is 6.72. The number of nitrogens with zero attached hydrogens (tertiary/aromatic N) is 4. The number of likely N-dealkylation sites (tertiary alicyclic amines) is 1. The van der Waals surface area contributed by atoms with Gasteiger partial charge in [-0.3, -0.25) is 19.2 Å². The number of nitrogens with one attached hydrogen (secondary N) is 1. The number of pyridine rings is 1. The molecule has 2 atom stereocenters. The SMILES string of the molecule is CC(=O)c1cc(C(N)=O)n(CC(=O)N2C[C@H](F)C[C@H]2C(=O)Nc2cccc(Br)n2)n1. The Labute approximate surface area is 178 Å². The minimum absolute atomic E-state index is 0.0311. The van der Waals surface area contributed by atoms with Crippen LogP contribution in [0, 0.1) is 0 Å². The zero-order valence-corrected chi connectivity index (χ0v) is 17.4. The van der Waals surface area contributed by atoms with E-state index in [2.05, 4.69) is 31.3 Å². The van der Waals surface area contributed by atoms with E-state index in [0.29, 0.717) is 4.60 Å². The number of carbonyl (C=O) groups is 4. The molecule has 0 spiro atoms. The van der Waals surface area contributed by atoms with Gasteiger partial charge in [-0.15, -0.1) is 0 Å². The third kappa shape index (κ3) is 4.70. The highest BCUT2D eigenvalue weighted by atomic mass is 79.9. The van der Waals surface area contributed by atoms with E-state index in [0.717, 1.165) is 9.58 Å². The standard InChI is InChI=1S/C18H18BrFN6O4/c1-9(27)11-6-12(17(21)29)26(24-11)8-16(28)25-7-10(20)5-13(25)18(30)23-15-4-2-3-14(19)22-15/h2-4,6,10,13H,5,7-8H2,1H3,(H2,21,29)(H,22,23,30)/t10-,13+/m1/s1. The molecule has 1 fully saturated rings. The predicted molar refractivity (Wildman–Crippen MR) is 106 cm³/mol. The van der Waals surface area contributed by atoms with Gasteiger partial charge in [0.2, 0.25) is 11.8 Å². The first-order chi connectivity index (χ1) is 14.2. The van der Waals surface area contributed by atoms with Crippen LogP contribution in [-0.4, -0.2) is 61.9 Å². The number of carbonyl (C=O) groups excluding carboxylic acids is 4. The van der Waals surface area contributed by atoms with Crippen LogP contribution >= 0.6 is 15.9 Å². The van der Waals surface area contributed by atoms with Crippen molar-refractivity contribution < 1.29 is 23.6 Å². The first-order valence-corrected chi connectivity index (χ1v) is 9.70. The summed E-state index contributed by atoms with van der Waals surface area (Å²) in [6, 6.07) is 5.02. The Morgan fingerprint density at radius 1 is 1.33 bits per heavy atom. The number of aromatic nitrogens is 3. The highest BCUT2D eigenvalue weighted by Crippen LogP contribution is 2.23. The van der Waals surface area contributed by atoms with E-state index in [9.17, 15) is 23.6 Å². The third-order valence-electron chi connectivity index (χ3n) is 4.52. The van der Waals surface area contributed by atoms with Crippen LogP contribution in [0.3, 0.4) is 0 Å². The molecular weight excluding hydrogens is 463 g/mol. The van der Waals surface area contributed by atoms with Gasteiger partial charge in [0, 0.05) is 19.4 Å². The molecule has 1 aliphatic heterocycles. The summed E-state index contributed by atoms with van der Waals surface area (Å²) in [5, 5.41) is 6.48. The van der Waals surface area contributed by atoms with Gasteiger partial charge in [-0.25, -0.2) is 14.1 Å². The molecular formula is C18H18BrFN6O4. The number of amides is 3. The summed E-state index contributed by atoms with van der Waals surface area (Å²) in [6.07, 6.45) is -1.56. The van der Waals surface area contributed by atoms with E-state index in [1.807, 2.05) is 0 Å². The van der Waals surface area contributed by atoms with Crippen molar-refractivity contribution in [1.82, 2.24) is 19.7 Å². The molecule has 0 bridgehead atoms. The summed E-state index contributed by atoms with van der Waals surface area (Å²) in [5.74, 6) is -2.26. The fourth-order valence-corrected chi connectivity index (χ4v) is 3.47. The van der Waals surface area contributed by atoms with Crippen LogP contribution in [0.5, 0.6) is 0 Å². The van der Waals surface area contributed by atoms with Gasteiger partial charge in [-0.2, -0.15) is 5.10 Å². The van der Waals surface area contributed by atoms with Gasteiger partial charge in [0.1, 0.15) is 40.6 Å². The Morgan fingerprint density at radius 2 is 2.07 bits per heavy atom. The molecule has 3 rings (SSSR count). The number of Topliss-reactive ketones (excluding diaryl/α,β-unsaturated/α-hetero) is 1. The number of nitrogens with two attached hydrogens (primary N) is 1. The number of hydrogen-bond acceptors (Lipinski definition) is 6. The maximum Gasteiger partial charge on any atom is 0.267 e. The zero-order chi connectivity index (χ0) is 22.0. The Hall–Kier alpha value is -3.15. The van der Waals surface area contributed by atoms with E-state index in [-0.39, 0.29) is 30.2 Å². The smallest absolute Gasteiger partial charge is 0.267 e. The Kier molecular flexibility index (Phi) is 6.25. The maximum absolute atomic E-state index is 14.1. The van der Waals surface area contributed by atoms with Crippen LogP contribution in [0.4, 0.5) is 10.2 Å². The molecule has 12 heteroatoms. The van der Waals surface area contributed by atoms with Crippen molar-refractivity contribution in [2.45, 2.75) is 32.1 Å². The highest BCUT2D eigenvalue weighted by molar-refractivity contribution is 9.10. The van der Waals surface area contributed by atoms with Crippen LogP contribution in [0.25, 0.3) is 0 Å². The quantitative estimate of drug-likeness (QED) is 0.465. The molecule has 2 aromatic rings. The molecule has 0 saturated carbocycles. The molecule has 3 heterocycles. The molecule has 10 nitrogen and oxygen atoms in total. The van der Waals surface area contributed by atoms with Crippen LogP contribution in [-0.2, 0) is 16.1 Å². The summed E-state index contributed by atoms with van der Waals surface area (Å²) in [4.78, 5) is 53.7. The number of ketones is 1.